The number of halogens is 1. The molecule has 1 fully saturated rings. The lowest BCUT2D eigenvalue weighted by Gasteiger charge is -2.17. The van der Waals surface area contributed by atoms with E-state index in [1.54, 1.807) is 6.07 Å². The lowest BCUT2D eigenvalue weighted by Crippen LogP contribution is -2.33. The molecule has 4 aromatic rings. The number of anilines is 1. The number of imidazole rings is 1. The van der Waals surface area contributed by atoms with Gasteiger partial charge in [0.2, 0.25) is 0 Å². The second kappa shape index (κ2) is 9.13. The maximum Gasteiger partial charge on any atom is 0.254 e. The number of hydrogen-bond acceptors (Lipinski definition) is 11. The molecule has 0 saturated carbocycles. The maximum atomic E-state index is 10.9. The number of ether oxygens (including phenoxy) is 1. The molecular formula is C21H23BrN8O5. The SMILES string of the molecule is CCCn1c(N=Nc2nc3c(N)ncnc3n2[C@H]2O[C@H](CO)[C@@H](O)[C@H]2O)c(O)c2cc(Br)ccc21. The first kappa shape index (κ1) is 23.6. The molecule has 3 aromatic heterocycles. The van der Waals surface area contributed by atoms with E-state index in [1.165, 1.54) is 10.9 Å². The number of aromatic hydroxyl groups is 1. The molecule has 13 nitrogen and oxygen atoms in total. The van der Waals surface area contributed by atoms with E-state index < -0.39 is 31.1 Å². The normalized spacial score (nSPS) is 22.8. The van der Waals surface area contributed by atoms with E-state index in [-0.39, 0.29) is 34.5 Å². The van der Waals surface area contributed by atoms with Crippen LogP contribution < -0.4 is 5.73 Å². The minimum absolute atomic E-state index is 0.0454. The van der Waals surface area contributed by atoms with Crippen molar-refractivity contribution >= 4 is 55.6 Å². The molecule has 4 heterocycles. The topological polar surface area (TPSA) is 189 Å². The summed E-state index contributed by atoms with van der Waals surface area (Å²) in [5.41, 5.74) is 7.15. The second-order valence-corrected chi connectivity index (χ2v) is 9.04. The average molecular weight is 547 g/mol. The smallest absolute Gasteiger partial charge is 0.254 e. The van der Waals surface area contributed by atoms with Crippen LogP contribution in [-0.2, 0) is 11.3 Å². The number of rotatable bonds is 6. The van der Waals surface area contributed by atoms with Crippen LogP contribution >= 0.6 is 15.9 Å². The highest BCUT2D eigenvalue weighted by Crippen LogP contribution is 2.41. The third kappa shape index (κ3) is 3.83. The summed E-state index contributed by atoms with van der Waals surface area (Å²) in [7, 11) is 0. The van der Waals surface area contributed by atoms with Crippen molar-refractivity contribution in [3.05, 3.63) is 29.0 Å². The molecule has 0 unspecified atom stereocenters. The van der Waals surface area contributed by atoms with Gasteiger partial charge < -0.3 is 35.5 Å². The molecule has 1 aromatic carbocycles. The molecule has 1 saturated heterocycles. The van der Waals surface area contributed by atoms with Crippen LogP contribution in [0.15, 0.2) is 39.2 Å². The van der Waals surface area contributed by atoms with Gasteiger partial charge in [-0.2, -0.15) is 0 Å². The predicted octanol–water partition coefficient (Wildman–Crippen LogP) is 2.27. The van der Waals surface area contributed by atoms with Crippen molar-refractivity contribution < 1.29 is 25.2 Å². The van der Waals surface area contributed by atoms with Crippen molar-refractivity contribution in [3.8, 4) is 5.75 Å². The van der Waals surface area contributed by atoms with Crippen LogP contribution in [0, 0.1) is 0 Å². The number of fused-ring (bicyclic) bond motifs is 2. The molecule has 0 spiro atoms. The molecule has 6 N–H and O–H groups in total. The third-order valence-electron chi connectivity index (χ3n) is 5.91. The fraction of sp³-hybridized carbons (Fsp3) is 0.381. The molecule has 1 aliphatic heterocycles. The zero-order valence-corrected chi connectivity index (χ0v) is 20.1. The molecule has 184 valence electrons. The average Bonchev–Trinajstić information content (AvgIpc) is 3.44. The van der Waals surface area contributed by atoms with Gasteiger partial charge in [0.05, 0.1) is 12.1 Å². The first-order valence-corrected chi connectivity index (χ1v) is 11.7. The number of nitrogen functional groups attached to an aromatic ring is 1. The lowest BCUT2D eigenvalue weighted by atomic mass is 10.1. The molecule has 14 heteroatoms. The molecule has 5 rings (SSSR count). The van der Waals surface area contributed by atoms with Crippen LogP contribution in [0.25, 0.3) is 22.1 Å². The fourth-order valence-electron chi connectivity index (χ4n) is 4.25. The van der Waals surface area contributed by atoms with Gasteiger partial charge in [-0.1, -0.05) is 22.9 Å². The van der Waals surface area contributed by atoms with Crippen LogP contribution in [0.1, 0.15) is 19.6 Å². The molecule has 0 radical (unpaired) electrons. The minimum atomic E-state index is -1.41. The van der Waals surface area contributed by atoms with Crippen LogP contribution in [0.5, 0.6) is 5.75 Å². The van der Waals surface area contributed by atoms with Crippen LogP contribution in [0.3, 0.4) is 0 Å². The number of aromatic nitrogens is 5. The standard InChI is InChI=1S/C21H23BrN8O5/c1-2-5-29-11-4-3-9(22)6-10(11)14(32)19(29)27-28-21-26-13-17(23)24-8-25-18(13)30(21)20-16(34)15(33)12(7-31)35-20/h3-4,6,8,12,15-16,20,31-34H,2,5,7H2,1H3,(H2,23,24,25)/t12-,15-,16-,20+/m1/s1. The molecule has 35 heavy (non-hydrogen) atoms. The Labute approximate surface area is 206 Å². The number of benzene rings is 1. The van der Waals surface area contributed by atoms with Crippen LogP contribution in [0.2, 0.25) is 0 Å². The number of aliphatic hydroxyl groups excluding tert-OH is 3. The van der Waals surface area contributed by atoms with Crippen molar-refractivity contribution in [2.75, 3.05) is 12.3 Å². The van der Waals surface area contributed by atoms with E-state index in [0.29, 0.717) is 11.9 Å². The summed E-state index contributed by atoms with van der Waals surface area (Å²) in [6.07, 6.45) is -2.95. The summed E-state index contributed by atoms with van der Waals surface area (Å²) in [5, 5.41) is 50.5. The van der Waals surface area contributed by atoms with Gasteiger partial charge in [-0.15, -0.1) is 10.2 Å². The molecule has 0 bridgehead atoms. The van der Waals surface area contributed by atoms with Gasteiger partial charge in [0, 0.05) is 16.4 Å². The summed E-state index contributed by atoms with van der Waals surface area (Å²) in [6.45, 7) is 2.08. The van der Waals surface area contributed by atoms with Gasteiger partial charge in [-0.25, -0.2) is 15.0 Å². The third-order valence-corrected chi connectivity index (χ3v) is 6.40. The Hall–Kier alpha value is -3.17. The first-order chi connectivity index (χ1) is 16.8. The largest absolute Gasteiger partial charge is 0.504 e. The van der Waals surface area contributed by atoms with Crippen molar-refractivity contribution in [1.82, 2.24) is 24.1 Å². The van der Waals surface area contributed by atoms with E-state index in [2.05, 4.69) is 41.1 Å². The van der Waals surface area contributed by atoms with Gasteiger partial charge in [0.1, 0.15) is 24.6 Å². The van der Waals surface area contributed by atoms with Crippen molar-refractivity contribution in [1.29, 1.82) is 0 Å². The number of aryl methyl sites for hydroxylation is 1. The maximum absolute atomic E-state index is 10.9. The number of aliphatic hydroxyl groups is 3. The molecule has 1 aliphatic rings. The van der Waals surface area contributed by atoms with E-state index in [4.69, 9.17) is 10.5 Å². The van der Waals surface area contributed by atoms with Gasteiger partial charge in [0.25, 0.3) is 5.95 Å². The van der Waals surface area contributed by atoms with Gasteiger partial charge >= 0.3 is 0 Å². The zero-order valence-electron chi connectivity index (χ0n) is 18.5. The highest BCUT2D eigenvalue weighted by Gasteiger charge is 2.45. The summed E-state index contributed by atoms with van der Waals surface area (Å²) in [6, 6.07) is 5.54. The minimum Gasteiger partial charge on any atom is -0.504 e. The van der Waals surface area contributed by atoms with E-state index in [9.17, 15) is 20.4 Å². The van der Waals surface area contributed by atoms with Crippen LogP contribution in [0.4, 0.5) is 17.6 Å². The number of azo groups is 1. The molecule has 4 atom stereocenters. The summed E-state index contributed by atoms with van der Waals surface area (Å²) in [5.74, 6) is 0.202. The highest BCUT2D eigenvalue weighted by molar-refractivity contribution is 9.10. The van der Waals surface area contributed by atoms with E-state index in [0.717, 1.165) is 16.4 Å². The Kier molecular flexibility index (Phi) is 6.14. The number of nitrogens with zero attached hydrogens (tertiary/aromatic N) is 7. The Balaban J connectivity index is 1.67. The zero-order chi connectivity index (χ0) is 24.9. The van der Waals surface area contributed by atoms with Gasteiger partial charge in [-0.05, 0) is 24.6 Å². The fourth-order valence-corrected chi connectivity index (χ4v) is 4.61. The molecule has 0 aliphatic carbocycles. The summed E-state index contributed by atoms with van der Waals surface area (Å²) < 4.78 is 9.66. The monoisotopic (exact) mass is 546 g/mol. The van der Waals surface area contributed by atoms with Crippen molar-refractivity contribution in [2.24, 2.45) is 10.2 Å². The Morgan fingerprint density at radius 1 is 1.20 bits per heavy atom. The Morgan fingerprint density at radius 3 is 2.71 bits per heavy atom. The Morgan fingerprint density at radius 2 is 2.00 bits per heavy atom. The first-order valence-electron chi connectivity index (χ1n) is 10.9. The summed E-state index contributed by atoms with van der Waals surface area (Å²) >= 11 is 3.42. The van der Waals surface area contributed by atoms with Crippen molar-refractivity contribution in [2.45, 2.75) is 44.4 Å². The lowest BCUT2D eigenvalue weighted by molar-refractivity contribution is -0.0503. The second-order valence-electron chi connectivity index (χ2n) is 8.13. The van der Waals surface area contributed by atoms with E-state index >= 15 is 0 Å². The number of nitrogens with two attached hydrogens (primary N) is 1. The van der Waals surface area contributed by atoms with Crippen LogP contribution in [-0.4, -0.2) is 69.4 Å². The molecule has 0 amide bonds. The number of hydrogen-bond donors (Lipinski definition) is 5. The Bertz CT molecular complexity index is 1440. The van der Waals surface area contributed by atoms with Gasteiger partial charge in [0.15, 0.2) is 34.8 Å². The quantitative estimate of drug-likeness (QED) is 0.226. The van der Waals surface area contributed by atoms with E-state index in [1.807, 2.05) is 23.6 Å². The van der Waals surface area contributed by atoms with Gasteiger partial charge in [-0.3, -0.25) is 4.57 Å². The highest BCUT2D eigenvalue weighted by atomic mass is 79.9. The van der Waals surface area contributed by atoms with Crippen molar-refractivity contribution in [3.63, 3.8) is 0 Å². The summed E-state index contributed by atoms with van der Waals surface area (Å²) in [4.78, 5) is 12.5. The molecular weight excluding hydrogens is 524 g/mol. The predicted molar refractivity (Wildman–Crippen MR) is 129 cm³/mol.